The topological polar surface area (TPSA) is 42.0 Å². The number of pyridine rings is 1. The first kappa shape index (κ1) is 14.7. The van der Waals surface area contributed by atoms with Gasteiger partial charge in [-0.15, -0.1) is 11.3 Å². The Hall–Kier alpha value is -2.24. The average Bonchev–Trinajstić information content (AvgIpc) is 3.00. The lowest BCUT2D eigenvalue weighted by atomic mass is 10.2. The molecular weight excluding hydrogens is 323 g/mol. The van der Waals surface area contributed by atoms with Crippen LogP contribution < -0.4 is 5.32 Å². The third-order valence-electron chi connectivity index (χ3n) is 2.93. The second kappa shape index (κ2) is 6.25. The molecule has 0 bridgehead atoms. The summed E-state index contributed by atoms with van der Waals surface area (Å²) >= 11 is 7.08. The van der Waals surface area contributed by atoms with Crippen LogP contribution in [0.25, 0.3) is 10.4 Å². The van der Waals surface area contributed by atoms with Crippen molar-refractivity contribution in [3.8, 4) is 10.4 Å². The molecule has 0 saturated heterocycles. The van der Waals surface area contributed by atoms with Gasteiger partial charge in [0, 0.05) is 11.1 Å². The van der Waals surface area contributed by atoms with Crippen molar-refractivity contribution in [1.29, 1.82) is 0 Å². The number of halogens is 2. The average molecular weight is 333 g/mol. The molecule has 0 aliphatic rings. The van der Waals surface area contributed by atoms with Crippen molar-refractivity contribution in [2.45, 2.75) is 0 Å². The zero-order valence-corrected chi connectivity index (χ0v) is 12.8. The van der Waals surface area contributed by atoms with Gasteiger partial charge in [0.1, 0.15) is 11.6 Å². The Bertz CT molecular complexity index is 800. The van der Waals surface area contributed by atoms with Crippen molar-refractivity contribution < 1.29 is 9.18 Å². The molecule has 2 heterocycles. The Morgan fingerprint density at radius 3 is 2.55 bits per heavy atom. The van der Waals surface area contributed by atoms with Crippen LogP contribution in [-0.4, -0.2) is 10.9 Å². The molecule has 6 heteroatoms. The highest BCUT2D eigenvalue weighted by Gasteiger charge is 2.11. The minimum atomic E-state index is -0.285. The molecule has 0 unspecified atom stereocenters. The quantitative estimate of drug-likeness (QED) is 0.744. The number of aromatic nitrogens is 1. The zero-order chi connectivity index (χ0) is 15.5. The second-order valence-electron chi connectivity index (χ2n) is 4.49. The van der Waals surface area contributed by atoms with Gasteiger partial charge in [-0.1, -0.05) is 23.7 Å². The molecule has 1 amide bonds. The van der Waals surface area contributed by atoms with Crippen molar-refractivity contribution in [2.75, 3.05) is 5.32 Å². The molecule has 0 atom stereocenters. The molecule has 3 nitrogen and oxygen atoms in total. The summed E-state index contributed by atoms with van der Waals surface area (Å²) in [6.07, 6.45) is 1.47. The number of amides is 1. The van der Waals surface area contributed by atoms with Gasteiger partial charge in [-0.25, -0.2) is 9.37 Å². The van der Waals surface area contributed by atoms with E-state index in [9.17, 15) is 9.18 Å². The van der Waals surface area contributed by atoms with Gasteiger partial charge in [0.05, 0.1) is 9.90 Å². The van der Waals surface area contributed by atoms with E-state index in [0.717, 1.165) is 10.4 Å². The van der Waals surface area contributed by atoms with Gasteiger partial charge in [-0.3, -0.25) is 4.79 Å². The number of carbonyl (C=O) groups excluding carboxylic acids is 1. The van der Waals surface area contributed by atoms with E-state index < -0.39 is 0 Å². The van der Waals surface area contributed by atoms with Crippen LogP contribution >= 0.6 is 22.9 Å². The highest BCUT2D eigenvalue weighted by molar-refractivity contribution is 7.17. The van der Waals surface area contributed by atoms with Crippen LogP contribution in [0.2, 0.25) is 5.02 Å². The van der Waals surface area contributed by atoms with E-state index in [-0.39, 0.29) is 11.7 Å². The molecule has 3 aromatic rings. The smallest absolute Gasteiger partial charge is 0.266 e. The molecule has 0 radical (unpaired) electrons. The maximum atomic E-state index is 12.9. The molecule has 22 heavy (non-hydrogen) atoms. The van der Waals surface area contributed by atoms with Crippen molar-refractivity contribution in [2.24, 2.45) is 0 Å². The number of rotatable bonds is 3. The maximum absolute atomic E-state index is 12.9. The molecule has 0 spiro atoms. The van der Waals surface area contributed by atoms with E-state index in [0.29, 0.717) is 15.7 Å². The van der Waals surface area contributed by atoms with Gasteiger partial charge >= 0.3 is 0 Å². The largest absolute Gasteiger partial charge is 0.306 e. The van der Waals surface area contributed by atoms with Crippen molar-refractivity contribution >= 4 is 34.7 Å². The minimum absolute atomic E-state index is 0.242. The third-order valence-corrected chi connectivity index (χ3v) is 4.28. The summed E-state index contributed by atoms with van der Waals surface area (Å²) in [4.78, 5) is 17.6. The molecule has 1 N–H and O–H groups in total. The van der Waals surface area contributed by atoms with Crippen LogP contribution in [0.15, 0.2) is 54.7 Å². The molecule has 0 fully saturated rings. The Morgan fingerprint density at radius 2 is 1.86 bits per heavy atom. The van der Waals surface area contributed by atoms with Crippen molar-refractivity contribution in [1.82, 2.24) is 4.98 Å². The number of nitrogens with zero attached hydrogens (tertiary/aromatic N) is 1. The lowest BCUT2D eigenvalue weighted by Gasteiger charge is -2.02. The van der Waals surface area contributed by atoms with E-state index in [1.165, 1.54) is 29.7 Å². The first-order valence-electron chi connectivity index (χ1n) is 6.40. The fourth-order valence-corrected chi connectivity index (χ4v) is 2.88. The molecule has 2 aromatic heterocycles. The van der Waals surface area contributed by atoms with Crippen LogP contribution in [-0.2, 0) is 0 Å². The lowest BCUT2D eigenvalue weighted by Crippen LogP contribution is -2.10. The molecule has 3 rings (SSSR count). The fourth-order valence-electron chi connectivity index (χ4n) is 1.86. The van der Waals surface area contributed by atoms with Crippen molar-refractivity contribution in [3.63, 3.8) is 0 Å². The SMILES string of the molecule is O=C(Nc1ccc(Cl)cn1)c1ccc(-c2ccc(F)cc2)s1. The van der Waals surface area contributed by atoms with Gasteiger partial charge in [-0.05, 0) is 42.0 Å². The number of thiophene rings is 1. The van der Waals surface area contributed by atoms with Crippen LogP contribution in [0, 0.1) is 5.82 Å². The van der Waals surface area contributed by atoms with E-state index in [1.54, 1.807) is 30.3 Å². The van der Waals surface area contributed by atoms with Crippen LogP contribution in [0.5, 0.6) is 0 Å². The molecule has 110 valence electrons. The molecule has 0 aliphatic heterocycles. The van der Waals surface area contributed by atoms with E-state index in [4.69, 9.17) is 11.6 Å². The highest BCUT2D eigenvalue weighted by atomic mass is 35.5. The van der Waals surface area contributed by atoms with Crippen LogP contribution in [0.4, 0.5) is 10.2 Å². The minimum Gasteiger partial charge on any atom is -0.306 e. The van der Waals surface area contributed by atoms with Gasteiger partial charge in [0.2, 0.25) is 0 Å². The Labute approximate surface area is 135 Å². The number of anilines is 1. The summed E-state index contributed by atoms with van der Waals surface area (Å²) in [7, 11) is 0. The normalized spacial score (nSPS) is 10.5. The number of carbonyl (C=O) groups is 1. The third kappa shape index (κ3) is 3.32. The summed E-state index contributed by atoms with van der Waals surface area (Å²) in [6, 6.07) is 13.0. The second-order valence-corrected chi connectivity index (χ2v) is 6.01. The zero-order valence-electron chi connectivity index (χ0n) is 11.2. The number of nitrogens with one attached hydrogen (secondary N) is 1. The summed E-state index contributed by atoms with van der Waals surface area (Å²) in [6.45, 7) is 0. The van der Waals surface area contributed by atoms with Gasteiger partial charge in [0.15, 0.2) is 0 Å². The standard InChI is InChI=1S/C16H10ClFN2OS/c17-11-3-8-15(19-9-11)20-16(21)14-7-6-13(22-14)10-1-4-12(18)5-2-10/h1-9H,(H,19,20,21). The summed E-state index contributed by atoms with van der Waals surface area (Å²) in [5, 5.41) is 3.21. The Morgan fingerprint density at radius 1 is 1.09 bits per heavy atom. The monoisotopic (exact) mass is 332 g/mol. The van der Waals surface area contributed by atoms with Gasteiger partial charge in [0.25, 0.3) is 5.91 Å². The predicted molar refractivity (Wildman–Crippen MR) is 86.9 cm³/mol. The summed E-state index contributed by atoms with van der Waals surface area (Å²) < 4.78 is 12.9. The molecule has 0 aliphatic carbocycles. The number of hydrogen-bond acceptors (Lipinski definition) is 3. The maximum Gasteiger partial charge on any atom is 0.266 e. The fraction of sp³-hybridized carbons (Fsp3) is 0. The van der Waals surface area contributed by atoms with Gasteiger partial charge in [-0.2, -0.15) is 0 Å². The van der Waals surface area contributed by atoms with Crippen molar-refractivity contribution in [3.05, 3.63) is 70.4 Å². The lowest BCUT2D eigenvalue weighted by molar-refractivity contribution is 0.103. The van der Waals surface area contributed by atoms with Gasteiger partial charge < -0.3 is 5.32 Å². The number of benzene rings is 1. The predicted octanol–water partition coefficient (Wildman–Crippen LogP) is 4.85. The Kier molecular flexibility index (Phi) is 4.18. The highest BCUT2D eigenvalue weighted by Crippen LogP contribution is 2.28. The van der Waals surface area contributed by atoms with E-state index >= 15 is 0 Å². The summed E-state index contributed by atoms with van der Waals surface area (Å²) in [5.74, 6) is -0.0913. The first-order chi connectivity index (χ1) is 10.6. The van der Waals surface area contributed by atoms with Crippen LogP contribution in [0.1, 0.15) is 9.67 Å². The van der Waals surface area contributed by atoms with E-state index in [1.807, 2.05) is 6.07 Å². The Balaban J connectivity index is 1.76. The van der Waals surface area contributed by atoms with E-state index in [2.05, 4.69) is 10.3 Å². The first-order valence-corrected chi connectivity index (χ1v) is 7.60. The number of hydrogen-bond donors (Lipinski definition) is 1. The summed E-state index contributed by atoms with van der Waals surface area (Å²) in [5.41, 5.74) is 0.870. The van der Waals surface area contributed by atoms with Crippen LogP contribution in [0.3, 0.4) is 0 Å². The molecule has 1 aromatic carbocycles. The molecular formula is C16H10ClFN2OS. The molecule has 0 saturated carbocycles.